The van der Waals surface area contributed by atoms with Crippen LogP contribution in [0.5, 0.6) is 0 Å². The number of nitrogens with zero attached hydrogens (tertiary/aromatic N) is 8. The molecule has 0 amide bonds. The van der Waals surface area contributed by atoms with Crippen molar-refractivity contribution in [3.63, 3.8) is 0 Å². The predicted molar refractivity (Wildman–Crippen MR) is 172 cm³/mol. The van der Waals surface area contributed by atoms with Gasteiger partial charge in [-0.05, 0) is 76.0 Å². The van der Waals surface area contributed by atoms with Crippen molar-refractivity contribution in [3.8, 4) is 11.1 Å². The Bertz CT molecular complexity index is 1540. The van der Waals surface area contributed by atoms with Gasteiger partial charge in [-0.1, -0.05) is 43.8 Å². The van der Waals surface area contributed by atoms with Gasteiger partial charge in [0.2, 0.25) is 4.80 Å². The van der Waals surface area contributed by atoms with Crippen LogP contribution in [0.1, 0.15) is 55.9 Å². The molecule has 11 heteroatoms. The van der Waals surface area contributed by atoms with E-state index in [0.717, 1.165) is 59.1 Å². The molecule has 0 aromatic carbocycles. The first-order valence-electron chi connectivity index (χ1n) is 15.6. The molecule has 1 aliphatic heterocycles. The fraction of sp³-hybridized carbons (Fsp3) is 0.581. The molecule has 4 aromatic heterocycles. The zero-order valence-corrected chi connectivity index (χ0v) is 27.2. The fourth-order valence-electron chi connectivity index (χ4n) is 5.77. The zero-order valence-electron chi connectivity index (χ0n) is 25.3. The van der Waals surface area contributed by atoms with Crippen LogP contribution < -0.4 is 4.80 Å². The van der Waals surface area contributed by atoms with Crippen LogP contribution >= 0.6 is 11.3 Å². The number of pyridine rings is 2. The van der Waals surface area contributed by atoms with Gasteiger partial charge in [0, 0.05) is 50.7 Å². The highest BCUT2D eigenvalue weighted by Gasteiger charge is 2.22. The van der Waals surface area contributed by atoms with E-state index in [4.69, 9.17) is 24.8 Å². The van der Waals surface area contributed by atoms with E-state index >= 15 is 0 Å². The van der Waals surface area contributed by atoms with Crippen molar-refractivity contribution in [1.82, 2.24) is 34.4 Å². The maximum atomic E-state index is 6.08. The maximum absolute atomic E-state index is 6.08. The van der Waals surface area contributed by atoms with Crippen LogP contribution in [0.15, 0.2) is 41.8 Å². The zero-order chi connectivity index (χ0) is 28.9. The molecule has 0 radical (unpaired) electrons. The van der Waals surface area contributed by atoms with Gasteiger partial charge >= 0.3 is 0 Å². The first kappa shape index (κ1) is 29.3. The number of likely N-dealkylation sites (tertiary alicyclic amines) is 1. The van der Waals surface area contributed by atoms with Crippen LogP contribution in [0, 0.1) is 0 Å². The third-order valence-corrected chi connectivity index (χ3v) is 11.1. The summed E-state index contributed by atoms with van der Waals surface area (Å²) in [4.78, 5) is 18.0. The van der Waals surface area contributed by atoms with Crippen LogP contribution in [0.25, 0.3) is 22.2 Å². The number of aryl methyl sites for hydroxylation is 1. The summed E-state index contributed by atoms with van der Waals surface area (Å²) < 4.78 is 10.1. The third-order valence-electron chi connectivity index (χ3n) is 8.31. The summed E-state index contributed by atoms with van der Waals surface area (Å²) in [5.74, 6) is 1.20. The minimum Gasteiger partial charge on any atom is -0.359 e. The molecule has 2 aliphatic rings. The van der Waals surface area contributed by atoms with E-state index in [-0.39, 0.29) is 0 Å². The highest BCUT2D eigenvalue weighted by molar-refractivity contribution is 7.08. The second-order valence-electron chi connectivity index (χ2n) is 13.0. The second kappa shape index (κ2) is 13.3. The molecule has 42 heavy (non-hydrogen) atoms. The normalized spacial score (nSPS) is 17.3. The Morgan fingerprint density at radius 2 is 1.83 bits per heavy atom. The van der Waals surface area contributed by atoms with E-state index in [9.17, 15) is 0 Å². The third kappa shape index (κ3) is 7.61. The summed E-state index contributed by atoms with van der Waals surface area (Å²) in [5.41, 5.74) is 3.76. The molecule has 0 atom stereocenters. The lowest BCUT2D eigenvalue weighted by atomic mass is 10.1. The van der Waals surface area contributed by atoms with Crippen LogP contribution in [0.2, 0.25) is 25.7 Å². The van der Waals surface area contributed by atoms with Gasteiger partial charge in [0.05, 0.1) is 17.2 Å². The number of aromatic nitrogens is 6. The molecule has 0 spiro atoms. The van der Waals surface area contributed by atoms with E-state index in [2.05, 4.69) is 41.9 Å². The molecule has 4 aromatic rings. The molecule has 224 valence electrons. The minimum absolute atomic E-state index is 0.424. The lowest BCUT2D eigenvalue weighted by Gasteiger charge is -2.15. The van der Waals surface area contributed by atoms with Crippen LogP contribution in [0.4, 0.5) is 5.82 Å². The van der Waals surface area contributed by atoms with Crippen LogP contribution in [-0.4, -0.2) is 68.7 Å². The highest BCUT2D eigenvalue weighted by atomic mass is 32.1. The summed E-state index contributed by atoms with van der Waals surface area (Å²) in [5, 5.41) is 10.7. The van der Waals surface area contributed by atoms with Gasteiger partial charge in [0.1, 0.15) is 11.7 Å². The van der Waals surface area contributed by atoms with Crippen molar-refractivity contribution in [2.45, 2.75) is 89.8 Å². The molecular weight excluding hydrogens is 561 g/mol. The van der Waals surface area contributed by atoms with E-state index in [1.807, 2.05) is 33.9 Å². The Hall–Kier alpha value is -2.73. The molecule has 0 bridgehead atoms. The smallest absolute Gasteiger partial charge is 0.211 e. The van der Waals surface area contributed by atoms with E-state index in [0.29, 0.717) is 18.5 Å². The van der Waals surface area contributed by atoms with Crippen LogP contribution in [-0.2, 0) is 18.0 Å². The first-order chi connectivity index (χ1) is 20.4. The summed E-state index contributed by atoms with van der Waals surface area (Å²) in [6.07, 6.45) is 14.7. The first-order valence-corrected chi connectivity index (χ1v) is 20.1. The highest BCUT2D eigenvalue weighted by Crippen LogP contribution is 2.34. The fourth-order valence-corrected chi connectivity index (χ4v) is 7.60. The molecule has 0 unspecified atom stereocenters. The minimum atomic E-state index is -1.15. The van der Waals surface area contributed by atoms with Crippen molar-refractivity contribution in [1.29, 1.82) is 0 Å². The van der Waals surface area contributed by atoms with Gasteiger partial charge in [-0.25, -0.2) is 9.67 Å². The van der Waals surface area contributed by atoms with Gasteiger partial charge in [-0.2, -0.15) is 15.2 Å². The largest absolute Gasteiger partial charge is 0.359 e. The summed E-state index contributed by atoms with van der Waals surface area (Å²) >= 11 is 1.68. The lowest BCUT2D eigenvalue weighted by Crippen LogP contribution is -2.24. The molecule has 1 saturated heterocycles. The average Bonchev–Trinajstić information content (AvgIpc) is 3.79. The van der Waals surface area contributed by atoms with Crippen molar-refractivity contribution in [3.05, 3.63) is 46.6 Å². The molecule has 9 nitrogen and oxygen atoms in total. The molecule has 2 fully saturated rings. The summed E-state index contributed by atoms with van der Waals surface area (Å²) in [6, 6.07) is 7.18. The number of ether oxygens (including phenoxy) is 1. The van der Waals surface area contributed by atoms with Crippen molar-refractivity contribution in [2.75, 3.05) is 26.2 Å². The predicted octanol–water partition coefficient (Wildman–Crippen LogP) is 6.44. The number of hydrogen-bond acceptors (Lipinski definition) is 8. The Kier molecular flexibility index (Phi) is 9.28. The number of fused-ring (bicyclic) bond motifs is 1. The van der Waals surface area contributed by atoms with Gasteiger partial charge < -0.3 is 9.64 Å². The van der Waals surface area contributed by atoms with E-state index in [1.165, 1.54) is 56.6 Å². The quantitative estimate of drug-likeness (QED) is 0.137. The summed E-state index contributed by atoms with van der Waals surface area (Å²) in [7, 11) is -1.15. The van der Waals surface area contributed by atoms with E-state index in [1.54, 1.807) is 11.3 Å². The topological polar surface area (TPSA) is 86.2 Å². The number of hydrogen-bond donors (Lipinski definition) is 0. The Labute approximate surface area is 253 Å². The Morgan fingerprint density at radius 3 is 2.64 bits per heavy atom. The standard InChI is InChI=1S/C31H44N8OSSi/c1-42(2,3)18-17-40-23-39-31(41-30(36-39)24-9-4-5-10-24)35-29-12-11-27-28(34-29)19-25(20-32-27)26-21-33-38(22-26)16-8-15-37-13-6-7-14-37/h11-12,19-22,24H,4-10,13-18,23H2,1-3H3. The van der Waals surface area contributed by atoms with Crippen molar-refractivity contribution >= 4 is 36.3 Å². The SMILES string of the molecule is C[Si](C)(C)CCOCn1nc(C2CCCC2)sc1=Nc1ccc2ncc(-c3cnn(CCCN4CCCC4)c3)cc2n1. The molecule has 6 rings (SSSR count). The van der Waals surface area contributed by atoms with Gasteiger partial charge in [-0.3, -0.25) is 9.67 Å². The Morgan fingerprint density at radius 1 is 1.00 bits per heavy atom. The van der Waals surface area contributed by atoms with Crippen molar-refractivity contribution in [2.24, 2.45) is 4.99 Å². The monoisotopic (exact) mass is 604 g/mol. The van der Waals surface area contributed by atoms with E-state index < -0.39 is 8.07 Å². The second-order valence-corrected chi connectivity index (χ2v) is 19.6. The van der Waals surface area contributed by atoms with Crippen molar-refractivity contribution < 1.29 is 4.74 Å². The molecule has 0 N–H and O–H groups in total. The molecule has 1 aliphatic carbocycles. The molecule has 1 saturated carbocycles. The van der Waals surface area contributed by atoms with Crippen LogP contribution in [0.3, 0.4) is 0 Å². The van der Waals surface area contributed by atoms with Gasteiger partial charge in [-0.15, -0.1) is 0 Å². The molecule has 5 heterocycles. The Balaban J connectivity index is 1.20. The summed E-state index contributed by atoms with van der Waals surface area (Å²) in [6.45, 7) is 12.9. The van der Waals surface area contributed by atoms with Gasteiger partial charge in [0.15, 0.2) is 5.82 Å². The molecular formula is C31H44N8OSSi. The lowest BCUT2D eigenvalue weighted by molar-refractivity contribution is 0.0757. The van der Waals surface area contributed by atoms with Gasteiger partial charge in [0.25, 0.3) is 0 Å². The maximum Gasteiger partial charge on any atom is 0.211 e. The number of rotatable bonds is 12. The average molecular weight is 605 g/mol.